The number of carbonyl (C=O) groups excluding carboxylic acids is 1. The van der Waals surface area contributed by atoms with Crippen molar-refractivity contribution in [2.24, 2.45) is 5.41 Å². The van der Waals surface area contributed by atoms with Gasteiger partial charge < -0.3 is 10.0 Å². The molecule has 27 heavy (non-hydrogen) atoms. The lowest BCUT2D eigenvalue weighted by molar-refractivity contribution is -0.147. The molecule has 6 heteroatoms. The lowest BCUT2D eigenvalue weighted by Gasteiger charge is -2.37. The van der Waals surface area contributed by atoms with Crippen LogP contribution in [0.2, 0.25) is 0 Å². The molecule has 2 aromatic rings. The Balaban J connectivity index is 1.55. The van der Waals surface area contributed by atoms with Crippen LogP contribution in [0.3, 0.4) is 0 Å². The molecule has 3 heterocycles. The molecule has 2 aliphatic rings. The van der Waals surface area contributed by atoms with Crippen molar-refractivity contribution < 1.29 is 14.7 Å². The minimum absolute atomic E-state index is 0.0536. The number of carbonyl (C=O) groups is 2. The van der Waals surface area contributed by atoms with Gasteiger partial charge in [-0.15, -0.1) is 11.3 Å². The Bertz CT molecular complexity index is 850. The van der Waals surface area contributed by atoms with E-state index < -0.39 is 11.4 Å². The number of carboxylic acid groups (broad SMARTS) is 1. The topological polar surface area (TPSA) is 60.9 Å². The molecule has 5 nitrogen and oxygen atoms in total. The molecule has 142 valence electrons. The van der Waals surface area contributed by atoms with Gasteiger partial charge in [-0.25, -0.2) is 0 Å². The van der Waals surface area contributed by atoms with E-state index in [1.807, 2.05) is 28.0 Å². The number of carboxylic acids is 1. The smallest absolute Gasteiger partial charge is 0.310 e. The minimum Gasteiger partial charge on any atom is -0.481 e. The molecule has 0 spiro atoms. The number of hydrogen-bond acceptors (Lipinski definition) is 4. The summed E-state index contributed by atoms with van der Waals surface area (Å²) in [6.45, 7) is 3.84. The van der Waals surface area contributed by atoms with Crippen LogP contribution in [0.5, 0.6) is 0 Å². The van der Waals surface area contributed by atoms with Crippen molar-refractivity contribution in [2.45, 2.75) is 25.8 Å². The Morgan fingerprint density at radius 2 is 2.00 bits per heavy atom. The van der Waals surface area contributed by atoms with Gasteiger partial charge >= 0.3 is 5.97 Å². The first-order valence-electron chi connectivity index (χ1n) is 9.34. The van der Waals surface area contributed by atoms with Gasteiger partial charge in [0.05, 0.1) is 18.0 Å². The molecule has 1 amide bonds. The van der Waals surface area contributed by atoms with Crippen molar-refractivity contribution in [3.05, 3.63) is 57.8 Å². The summed E-state index contributed by atoms with van der Waals surface area (Å²) in [5, 5.41) is 11.5. The zero-order chi connectivity index (χ0) is 19.0. The predicted octanol–water partition coefficient (Wildman–Crippen LogP) is 3.02. The van der Waals surface area contributed by atoms with Crippen LogP contribution in [0.15, 0.2) is 41.8 Å². The maximum atomic E-state index is 13.2. The lowest BCUT2D eigenvalue weighted by atomic mass is 9.90. The number of hydrogen-bond donors (Lipinski definition) is 1. The summed E-state index contributed by atoms with van der Waals surface area (Å²) in [6.07, 6.45) is 1.47. The van der Waals surface area contributed by atoms with Crippen LogP contribution in [0, 0.1) is 5.41 Å². The normalized spacial score (nSPS) is 25.4. The fourth-order valence-electron chi connectivity index (χ4n) is 4.23. The molecular weight excluding hydrogens is 360 g/mol. The molecule has 1 fully saturated rings. The first-order valence-corrected chi connectivity index (χ1v) is 10.2. The van der Waals surface area contributed by atoms with E-state index in [1.54, 1.807) is 18.3 Å². The van der Waals surface area contributed by atoms with E-state index >= 15 is 0 Å². The van der Waals surface area contributed by atoms with Crippen LogP contribution in [0.4, 0.5) is 0 Å². The third kappa shape index (κ3) is 3.39. The summed E-state index contributed by atoms with van der Waals surface area (Å²) < 4.78 is 0. The highest BCUT2D eigenvalue weighted by molar-refractivity contribution is 7.10. The van der Waals surface area contributed by atoms with Crippen molar-refractivity contribution in [3.63, 3.8) is 0 Å². The second-order valence-corrected chi connectivity index (χ2v) is 8.78. The van der Waals surface area contributed by atoms with Gasteiger partial charge in [-0.1, -0.05) is 30.3 Å². The maximum Gasteiger partial charge on any atom is 0.310 e. The highest BCUT2D eigenvalue weighted by atomic mass is 32.1. The Labute approximate surface area is 163 Å². The minimum atomic E-state index is -0.777. The maximum absolute atomic E-state index is 13.2. The largest absolute Gasteiger partial charge is 0.481 e. The Morgan fingerprint density at radius 1 is 1.22 bits per heavy atom. The van der Waals surface area contributed by atoms with Crippen LogP contribution in [-0.4, -0.2) is 53.0 Å². The van der Waals surface area contributed by atoms with Gasteiger partial charge in [0.25, 0.3) is 0 Å². The number of thiophene rings is 1. The van der Waals surface area contributed by atoms with E-state index in [0.29, 0.717) is 26.1 Å². The average molecular weight is 385 g/mol. The number of amides is 1. The summed E-state index contributed by atoms with van der Waals surface area (Å²) in [4.78, 5) is 30.0. The number of rotatable bonds is 4. The summed E-state index contributed by atoms with van der Waals surface area (Å²) in [6, 6.07) is 12.2. The van der Waals surface area contributed by atoms with E-state index in [0.717, 1.165) is 12.0 Å². The quantitative estimate of drug-likeness (QED) is 0.880. The molecule has 0 saturated carbocycles. The van der Waals surface area contributed by atoms with Crippen LogP contribution in [-0.2, 0) is 16.0 Å². The van der Waals surface area contributed by atoms with Crippen molar-refractivity contribution >= 4 is 23.2 Å². The number of aliphatic carboxylic acids is 1. The third-order valence-corrected chi connectivity index (χ3v) is 6.83. The molecule has 0 bridgehead atoms. The summed E-state index contributed by atoms with van der Waals surface area (Å²) in [5.41, 5.74) is 1.60. The molecule has 2 aliphatic heterocycles. The van der Waals surface area contributed by atoms with Crippen molar-refractivity contribution in [2.75, 3.05) is 26.2 Å². The lowest BCUT2D eigenvalue weighted by Crippen LogP contribution is -2.45. The first-order chi connectivity index (χ1) is 13.0. The molecule has 1 N–H and O–H groups in total. The van der Waals surface area contributed by atoms with E-state index in [-0.39, 0.29) is 18.5 Å². The van der Waals surface area contributed by atoms with E-state index in [1.165, 1.54) is 10.4 Å². The predicted molar refractivity (Wildman–Crippen MR) is 105 cm³/mol. The molecule has 2 unspecified atom stereocenters. The SMILES string of the molecule is CC1(C(=O)O)CCN(CC(=O)N2CCc3sccc3C2c2ccccc2)C1. The van der Waals surface area contributed by atoms with Crippen LogP contribution in [0.25, 0.3) is 0 Å². The number of fused-ring (bicyclic) bond motifs is 1. The number of benzene rings is 1. The second kappa shape index (κ2) is 7.09. The molecule has 4 rings (SSSR count). The summed E-state index contributed by atoms with van der Waals surface area (Å²) in [7, 11) is 0. The van der Waals surface area contributed by atoms with Gasteiger partial charge in [0.1, 0.15) is 0 Å². The molecule has 0 aliphatic carbocycles. The molecule has 2 atom stereocenters. The molecular formula is C21H24N2O3S. The molecule has 1 aromatic carbocycles. The fraction of sp³-hybridized carbons (Fsp3) is 0.429. The van der Waals surface area contributed by atoms with Crippen LogP contribution < -0.4 is 0 Å². The standard InChI is InChI=1S/C21H24N2O3S/c1-21(20(25)26)9-11-22(14-21)13-18(24)23-10-7-17-16(8-12-27-17)19(23)15-5-3-2-4-6-15/h2-6,8,12,19H,7,9-11,13-14H2,1H3,(H,25,26). The van der Waals surface area contributed by atoms with Gasteiger partial charge in [-0.2, -0.15) is 0 Å². The van der Waals surface area contributed by atoms with E-state index in [2.05, 4.69) is 23.6 Å². The van der Waals surface area contributed by atoms with Gasteiger partial charge in [-0.05, 0) is 48.9 Å². The van der Waals surface area contributed by atoms with Gasteiger partial charge in [0.15, 0.2) is 0 Å². The zero-order valence-electron chi connectivity index (χ0n) is 15.4. The second-order valence-electron chi connectivity index (χ2n) is 7.78. The summed E-state index contributed by atoms with van der Waals surface area (Å²) in [5.74, 6) is -0.698. The first kappa shape index (κ1) is 18.2. The number of nitrogens with zero attached hydrogens (tertiary/aromatic N) is 2. The van der Waals surface area contributed by atoms with Gasteiger partial charge in [-0.3, -0.25) is 14.5 Å². The fourth-order valence-corrected chi connectivity index (χ4v) is 5.13. The van der Waals surface area contributed by atoms with E-state index in [9.17, 15) is 14.7 Å². The molecule has 1 aromatic heterocycles. The zero-order valence-corrected chi connectivity index (χ0v) is 16.2. The van der Waals surface area contributed by atoms with Gasteiger partial charge in [0, 0.05) is 18.0 Å². The van der Waals surface area contributed by atoms with Crippen LogP contribution in [0.1, 0.15) is 35.4 Å². The highest BCUT2D eigenvalue weighted by Crippen LogP contribution is 2.38. The highest BCUT2D eigenvalue weighted by Gasteiger charge is 2.42. The average Bonchev–Trinajstić information content (AvgIpc) is 3.29. The Hall–Kier alpha value is -2.18. The molecule has 0 radical (unpaired) electrons. The van der Waals surface area contributed by atoms with Crippen molar-refractivity contribution in [1.29, 1.82) is 0 Å². The Morgan fingerprint density at radius 3 is 2.70 bits per heavy atom. The van der Waals surface area contributed by atoms with Crippen molar-refractivity contribution in [3.8, 4) is 0 Å². The van der Waals surface area contributed by atoms with Gasteiger partial charge in [0.2, 0.25) is 5.91 Å². The van der Waals surface area contributed by atoms with Crippen LogP contribution >= 0.6 is 11.3 Å². The Kier molecular flexibility index (Phi) is 4.78. The monoisotopic (exact) mass is 384 g/mol. The summed E-state index contributed by atoms with van der Waals surface area (Å²) >= 11 is 1.76. The number of likely N-dealkylation sites (tertiary alicyclic amines) is 1. The third-order valence-electron chi connectivity index (χ3n) is 5.83. The van der Waals surface area contributed by atoms with E-state index in [4.69, 9.17) is 0 Å². The van der Waals surface area contributed by atoms with Crippen molar-refractivity contribution in [1.82, 2.24) is 9.80 Å². The molecule has 1 saturated heterocycles.